The van der Waals surface area contributed by atoms with Crippen molar-refractivity contribution >= 4 is 12.0 Å². The minimum absolute atomic E-state index is 0.0403. The Hall–Kier alpha value is -2.52. The molecule has 26 heavy (non-hydrogen) atoms. The maximum absolute atomic E-state index is 12.2. The molecule has 1 amide bonds. The van der Waals surface area contributed by atoms with Gasteiger partial charge in [0, 0.05) is 13.2 Å². The molecular weight excluding hydrogens is 332 g/mol. The summed E-state index contributed by atoms with van der Waals surface area (Å²) < 4.78 is 16.5. The highest BCUT2D eigenvalue weighted by Crippen LogP contribution is 2.29. The maximum atomic E-state index is 12.2. The first-order chi connectivity index (χ1) is 12.7. The average molecular weight is 358 g/mol. The van der Waals surface area contributed by atoms with Crippen molar-refractivity contribution in [3.63, 3.8) is 0 Å². The maximum Gasteiger partial charge on any atom is 0.262 e. The molecule has 0 bridgehead atoms. The van der Waals surface area contributed by atoms with Crippen LogP contribution in [0.2, 0.25) is 0 Å². The number of methoxy groups -OCH3 is 1. The van der Waals surface area contributed by atoms with E-state index >= 15 is 0 Å². The van der Waals surface area contributed by atoms with Gasteiger partial charge in [-0.05, 0) is 43.0 Å². The second kappa shape index (κ2) is 10.5. The first kappa shape index (κ1) is 19.8. The summed E-state index contributed by atoms with van der Waals surface area (Å²) in [6.45, 7) is 3.87. The molecule has 0 aromatic heterocycles. The number of nitrogens with one attached hydrogen (secondary N) is 1. The molecule has 2 rings (SSSR count). The Morgan fingerprint density at radius 2 is 2.31 bits per heavy atom. The van der Waals surface area contributed by atoms with E-state index < -0.39 is 5.91 Å². The van der Waals surface area contributed by atoms with Crippen molar-refractivity contribution in [2.75, 3.05) is 26.9 Å². The zero-order valence-electron chi connectivity index (χ0n) is 15.4. The van der Waals surface area contributed by atoms with Gasteiger partial charge in [-0.15, -0.1) is 0 Å². The topological polar surface area (TPSA) is 80.6 Å². The molecule has 1 aliphatic rings. The highest BCUT2D eigenvalue weighted by Gasteiger charge is 2.17. The zero-order chi connectivity index (χ0) is 18.8. The molecule has 1 saturated heterocycles. The van der Waals surface area contributed by atoms with Crippen LogP contribution in [0.4, 0.5) is 0 Å². The molecule has 1 fully saturated rings. The number of amides is 1. The Kier molecular flexibility index (Phi) is 7.97. The highest BCUT2D eigenvalue weighted by molar-refractivity contribution is 6.01. The van der Waals surface area contributed by atoms with E-state index in [-0.39, 0.29) is 11.7 Å². The van der Waals surface area contributed by atoms with Gasteiger partial charge in [0.25, 0.3) is 5.91 Å². The summed E-state index contributed by atoms with van der Waals surface area (Å²) in [6, 6.07) is 7.30. The molecule has 0 radical (unpaired) electrons. The first-order valence-corrected chi connectivity index (χ1v) is 9.00. The van der Waals surface area contributed by atoms with Crippen LogP contribution in [-0.2, 0) is 9.53 Å². The number of benzene rings is 1. The van der Waals surface area contributed by atoms with E-state index in [9.17, 15) is 10.1 Å². The van der Waals surface area contributed by atoms with Crippen LogP contribution < -0.4 is 14.8 Å². The Bertz CT molecular complexity index is 673. The molecule has 1 aromatic rings. The molecule has 1 unspecified atom stereocenters. The van der Waals surface area contributed by atoms with Crippen LogP contribution in [0.25, 0.3) is 6.08 Å². The molecule has 6 heteroatoms. The lowest BCUT2D eigenvalue weighted by Crippen LogP contribution is -2.32. The van der Waals surface area contributed by atoms with Gasteiger partial charge >= 0.3 is 0 Å². The summed E-state index contributed by atoms with van der Waals surface area (Å²) in [5.74, 6) is 0.830. The van der Waals surface area contributed by atoms with Gasteiger partial charge < -0.3 is 19.5 Å². The van der Waals surface area contributed by atoms with Crippen molar-refractivity contribution in [2.45, 2.75) is 38.7 Å². The number of hydrogen-bond acceptors (Lipinski definition) is 5. The van der Waals surface area contributed by atoms with E-state index in [1.54, 1.807) is 31.4 Å². The monoisotopic (exact) mass is 358 g/mol. The smallest absolute Gasteiger partial charge is 0.262 e. The summed E-state index contributed by atoms with van der Waals surface area (Å²) in [6.07, 6.45) is 5.54. The number of ether oxygens (including phenoxy) is 3. The fraction of sp³-hybridized carbons (Fsp3) is 0.500. The Morgan fingerprint density at radius 3 is 2.96 bits per heavy atom. The molecule has 1 aromatic carbocycles. The molecule has 1 heterocycles. The Morgan fingerprint density at radius 1 is 1.46 bits per heavy atom. The van der Waals surface area contributed by atoms with E-state index in [2.05, 4.69) is 12.2 Å². The fourth-order valence-corrected chi connectivity index (χ4v) is 2.64. The van der Waals surface area contributed by atoms with Crippen molar-refractivity contribution in [3.05, 3.63) is 29.3 Å². The fourth-order valence-electron chi connectivity index (χ4n) is 2.64. The van der Waals surface area contributed by atoms with Gasteiger partial charge in [0.1, 0.15) is 11.6 Å². The van der Waals surface area contributed by atoms with Crippen molar-refractivity contribution in [3.8, 4) is 17.6 Å². The third kappa shape index (κ3) is 5.78. The summed E-state index contributed by atoms with van der Waals surface area (Å²) in [4.78, 5) is 12.2. The lowest BCUT2D eigenvalue weighted by Gasteiger charge is -2.12. The second-order valence-electron chi connectivity index (χ2n) is 6.13. The van der Waals surface area contributed by atoms with E-state index in [1.807, 2.05) is 6.07 Å². The predicted molar refractivity (Wildman–Crippen MR) is 99.0 cm³/mol. The number of carbonyl (C=O) groups is 1. The summed E-state index contributed by atoms with van der Waals surface area (Å²) in [5.41, 5.74) is 0.748. The molecule has 1 N–H and O–H groups in total. The van der Waals surface area contributed by atoms with Crippen molar-refractivity contribution < 1.29 is 19.0 Å². The summed E-state index contributed by atoms with van der Waals surface area (Å²) >= 11 is 0. The average Bonchev–Trinajstić information content (AvgIpc) is 3.18. The van der Waals surface area contributed by atoms with Crippen LogP contribution in [0.15, 0.2) is 23.8 Å². The first-order valence-electron chi connectivity index (χ1n) is 9.00. The molecule has 0 aliphatic carbocycles. The largest absolute Gasteiger partial charge is 0.493 e. The molecule has 1 atom stereocenters. The van der Waals surface area contributed by atoms with Crippen LogP contribution in [-0.4, -0.2) is 38.9 Å². The number of hydrogen-bond donors (Lipinski definition) is 1. The molecule has 0 saturated carbocycles. The highest BCUT2D eigenvalue weighted by atomic mass is 16.5. The van der Waals surface area contributed by atoms with E-state index in [0.29, 0.717) is 30.2 Å². The van der Waals surface area contributed by atoms with Gasteiger partial charge in [-0.25, -0.2) is 0 Å². The third-order valence-corrected chi connectivity index (χ3v) is 4.13. The molecule has 1 aliphatic heterocycles. The van der Waals surface area contributed by atoms with Crippen LogP contribution in [0.5, 0.6) is 11.5 Å². The minimum atomic E-state index is -0.398. The van der Waals surface area contributed by atoms with Gasteiger partial charge in [-0.1, -0.05) is 19.4 Å². The number of carbonyl (C=O) groups excluding carboxylic acids is 1. The summed E-state index contributed by atoms with van der Waals surface area (Å²) in [7, 11) is 1.56. The number of rotatable bonds is 9. The van der Waals surface area contributed by atoms with Crippen LogP contribution >= 0.6 is 0 Å². The van der Waals surface area contributed by atoms with Gasteiger partial charge in [-0.2, -0.15) is 5.26 Å². The number of nitriles is 1. The van der Waals surface area contributed by atoms with Gasteiger partial charge in [0.15, 0.2) is 11.5 Å². The SMILES string of the molecule is CCCCOc1ccc(/C=C(/C#N)C(=O)NCC2CCCO2)cc1OC. The van der Waals surface area contributed by atoms with Crippen molar-refractivity contribution in [1.29, 1.82) is 5.26 Å². The number of unbranched alkanes of at least 4 members (excludes halogenated alkanes) is 1. The van der Waals surface area contributed by atoms with E-state index in [0.717, 1.165) is 32.3 Å². The normalized spacial score (nSPS) is 16.8. The molecule has 140 valence electrons. The Balaban J connectivity index is 2.04. The molecule has 0 spiro atoms. The van der Waals surface area contributed by atoms with Crippen LogP contribution in [0.3, 0.4) is 0 Å². The lowest BCUT2D eigenvalue weighted by atomic mass is 10.1. The molecular formula is C20H26N2O4. The second-order valence-corrected chi connectivity index (χ2v) is 6.13. The van der Waals surface area contributed by atoms with Crippen LogP contribution in [0, 0.1) is 11.3 Å². The van der Waals surface area contributed by atoms with Crippen molar-refractivity contribution in [2.24, 2.45) is 0 Å². The quantitative estimate of drug-likeness (QED) is 0.417. The lowest BCUT2D eigenvalue weighted by molar-refractivity contribution is -0.117. The minimum Gasteiger partial charge on any atom is -0.493 e. The van der Waals surface area contributed by atoms with Crippen LogP contribution in [0.1, 0.15) is 38.2 Å². The molecule has 6 nitrogen and oxygen atoms in total. The third-order valence-electron chi connectivity index (χ3n) is 4.13. The Labute approximate surface area is 154 Å². The zero-order valence-corrected chi connectivity index (χ0v) is 15.4. The standard InChI is InChI=1S/C20H26N2O4/c1-3-4-9-26-18-8-7-15(12-19(18)24-2)11-16(13-21)20(23)22-14-17-6-5-10-25-17/h7-8,11-12,17H,3-6,9-10,14H2,1-2H3,(H,22,23)/b16-11-. The summed E-state index contributed by atoms with van der Waals surface area (Å²) in [5, 5.41) is 12.1. The number of nitrogens with zero attached hydrogens (tertiary/aromatic N) is 1. The predicted octanol–water partition coefficient (Wildman–Crippen LogP) is 3.08. The van der Waals surface area contributed by atoms with E-state index in [4.69, 9.17) is 14.2 Å². The van der Waals surface area contributed by atoms with Crippen molar-refractivity contribution in [1.82, 2.24) is 5.32 Å². The van der Waals surface area contributed by atoms with E-state index in [1.165, 1.54) is 0 Å². The van der Waals surface area contributed by atoms with Gasteiger partial charge in [-0.3, -0.25) is 4.79 Å². The van der Waals surface area contributed by atoms with Gasteiger partial charge in [0.05, 0.1) is 19.8 Å². The van der Waals surface area contributed by atoms with Gasteiger partial charge in [0.2, 0.25) is 0 Å².